The first-order valence-electron chi connectivity index (χ1n) is 13.9. The Hall–Kier alpha value is -3.42. The number of ether oxygens (including phenoxy) is 1. The molecule has 2 aliphatic rings. The number of benzene rings is 2. The summed E-state index contributed by atoms with van der Waals surface area (Å²) < 4.78 is 8.29. The third-order valence-electron chi connectivity index (χ3n) is 8.29. The first kappa shape index (κ1) is 24.9. The third-order valence-corrected chi connectivity index (χ3v) is 8.29. The minimum atomic E-state index is 0.430. The van der Waals surface area contributed by atoms with Crippen molar-refractivity contribution in [3.8, 4) is 17.0 Å². The molecule has 6 rings (SSSR count). The topological polar surface area (TPSA) is 71.9 Å². The Kier molecular flexibility index (Phi) is 7.29. The summed E-state index contributed by atoms with van der Waals surface area (Å²) in [5.74, 6) is 3.66. The van der Waals surface area contributed by atoms with Gasteiger partial charge in [-0.2, -0.15) is 0 Å². The summed E-state index contributed by atoms with van der Waals surface area (Å²) in [7, 11) is 2.22. The molecule has 0 radical (unpaired) electrons. The molecular formula is C31H38N6O. The Morgan fingerprint density at radius 1 is 0.947 bits per heavy atom. The molecule has 1 saturated heterocycles. The second-order valence-electron chi connectivity index (χ2n) is 11.0. The highest BCUT2D eigenvalue weighted by Gasteiger charge is 2.29. The number of aromatic nitrogens is 3. The van der Waals surface area contributed by atoms with Gasteiger partial charge in [0.1, 0.15) is 35.2 Å². The monoisotopic (exact) mass is 510 g/mol. The molecule has 198 valence electrons. The molecule has 4 aromatic rings. The minimum absolute atomic E-state index is 0.430. The van der Waals surface area contributed by atoms with Gasteiger partial charge in [0.25, 0.3) is 0 Å². The molecule has 1 aliphatic carbocycles. The Morgan fingerprint density at radius 2 is 1.74 bits per heavy atom. The SMILES string of the molecule is CN1CCN(CC2CCC(c3nc(-c4cccc(OCc5ccccc5)c4)c4c(N)nccn34)CC2)CC1. The van der Waals surface area contributed by atoms with Crippen LogP contribution in [0.25, 0.3) is 16.8 Å². The van der Waals surface area contributed by atoms with Crippen LogP contribution in [0.1, 0.15) is 43.0 Å². The molecule has 1 saturated carbocycles. The number of likely N-dealkylation sites (N-methyl/N-ethyl adjacent to an activating group) is 1. The molecule has 0 unspecified atom stereocenters. The van der Waals surface area contributed by atoms with E-state index in [1.165, 1.54) is 58.4 Å². The number of fused-ring (bicyclic) bond motifs is 1. The number of imidazole rings is 1. The molecule has 2 N–H and O–H groups in total. The summed E-state index contributed by atoms with van der Waals surface area (Å²) in [6.07, 6.45) is 8.65. The quantitative estimate of drug-likeness (QED) is 0.374. The van der Waals surface area contributed by atoms with Gasteiger partial charge in [0.2, 0.25) is 0 Å². The summed E-state index contributed by atoms with van der Waals surface area (Å²) >= 11 is 0. The second-order valence-corrected chi connectivity index (χ2v) is 11.0. The lowest BCUT2D eigenvalue weighted by Gasteiger charge is -2.36. The van der Waals surface area contributed by atoms with E-state index in [2.05, 4.69) is 50.5 Å². The zero-order chi connectivity index (χ0) is 25.9. The van der Waals surface area contributed by atoms with E-state index in [1.807, 2.05) is 36.5 Å². The summed E-state index contributed by atoms with van der Waals surface area (Å²) in [6.45, 7) is 6.54. The van der Waals surface area contributed by atoms with E-state index >= 15 is 0 Å². The van der Waals surface area contributed by atoms with Gasteiger partial charge < -0.3 is 20.3 Å². The number of anilines is 1. The normalized spacial score (nSPS) is 21.1. The number of nitrogens with two attached hydrogens (primary N) is 1. The number of hydrogen-bond donors (Lipinski definition) is 1. The first-order chi connectivity index (χ1) is 18.6. The van der Waals surface area contributed by atoms with Gasteiger partial charge in [-0.15, -0.1) is 0 Å². The lowest BCUT2D eigenvalue weighted by atomic mass is 9.81. The van der Waals surface area contributed by atoms with Crippen LogP contribution in [0.3, 0.4) is 0 Å². The molecule has 7 heteroatoms. The Bertz CT molecular complexity index is 1350. The molecule has 38 heavy (non-hydrogen) atoms. The van der Waals surface area contributed by atoms with E-state index < -0.39 is 0 Å². The first-order valence-corrected chi connectivity index (χ1v) is 13.9. The van der Waals surface area contributed by atoms with Gasteiger partial charge in [-0.3, -0.25) is 4.40 Å². The van der Waals surface area contributed by atoms with Crippen LogP contribution in [0.15, 0.2) is 67.0 Å². The largest absolute Gasteiger partial charge is 0.489 e. The predicted molar refractivity (Wildman–Crippen MR) is 152 cm³/mol. The van der Waals surface area contributed by atoms with Crippen LogP contribution in [-0.4, -0.2) is 63.9 Å². The summed E-state index contributed by atoms with van der Waals surface area (Å²) in [4.78, 5) is 14.7. The van der Waals surface area contributed by atoms with Crippen LogP contribution in [0.4, 0.5) is 5.82 Å². The molecule has 0 atom stereocenters. The van der Waals surface area contributed by atoms with Crippen molar-refractivity contribution < 1.29 is 4.74 Å². The molecule has 3 heterocycles. The van der Waals surface area contributed by atoms with Crippen LogP contribution >= 0.6 is 0 Å². The van der Waals surface area contributed by atoms with Gasteiger partial charge in [-0.1, -0.05) is 42.5 Å². The second kappa shape index (κ2) is 11.1. The van der Waals surface area contributed by atoms with Crippen LogP contribution in [-0.2, 0) is 6.61 Å². The van der Waals surface area contributed by atoms with Crippen LogP contribution in [0, 0.1) is 5.92 Å². The van der Waals surface area contributed by atoms with Crippen molar-refractivity contribution in [1.82, 2.24) is 24.2 Å². The highest BCUT2D eigenvalue weighted by atomic mass is 16.5. The predicted octanol–water partition coefficient (Wildman–Crippen LogP) is 5.08. The molecule has 2 aromatic carbocycles. The van der Waals surface area contributed by atoms with Gasteiger partial charge in [-0.05, 0) is 56.3 Å². The number of piperazine rings is 1. The van der Waals surface area contributed by atoms with Crippen molar-refractivity contribution >= 4 is 11.3 Å². The lowest BCUT2D eigenvalue weighted by molar-refractivity contribution is 0.123. The van der Waals surface area contributed by atoms with E-state index in [4.69, 9.17) is 15.5 Å². The van der Waals surface area contributed by atoms with Crippen molar-refractivity contribution in [3.05, 3.63) is 78.4 Å². The highest BCUT2D eigenvalue weighted by molar-refractivity contribution is 5.85. The van der Waals surface area contributed by atoms with Gasteiger partial charge in [0, 0.05) is 56.6 Å². The summed E-state index contributed by atoms with van der Waals surface area (Å²) in [5.41, 5.74) is 10.4. The molecule has 2 aromatic heterocycles. The number of hydrogen-bond acceptors (Lipinski definition) is 6. The van der Waals surface area contributed by atoms with Crippen molar-refractivity contribution in [1.29, 1.82) is 0 Å². The summed E-state index contributed by atoms with van der Waals surface area (Å²) in [6, 6.07) is 18.4. The molecule has 0 amide bonds. The fraction of sp³-hybridized carbons (Fsp3) is 0.419. The van der Waals surface area contributed by atoms with Crippen LogP contribution < -0.4 is 10.5 Å². The Labute approximate surface area is 225 Å². The third kappa shape index (κ3) is 5.40. The molecular weight excluding hydrogens is 472 g/mol. The maximum absolute atomic E-state index is 6.43. The van der Waals surface area contributed by atoms with Gasteiger partial charge >= 0.3 is 0 Å². The Balaban J connectivity index is 1.20. The molecule has 7 nitrogen and oxygen atoms in total. The van der Waals surface area contributed by atoms with Crippen LogP contribution in [0.2, 0.25) is 0 Å². The molecule has 0 bridgehead atoms. The number of nitrogens with zero attached hydrogens (tertiary/aromatic N) is 5. The van der Waals surface area contributed by atoms with Gasteiger partial charge in [0.15, 0.2) is 0 Å². The van der Waals surface area contributed by atoms with E-state index in [1.54, 1.807) is 6.20 Å². The van der Waals surface area contributed by atoms with E-state index in [0.29, 0.717) is 18.3 Å². The van der Waals surface area contributed by atoms with E-state index in [0.717, 1.165) is 39.8 Å². The fourth-order valence-electron chi connectivity index (χ4n) is 6.05. The minimum Gasteiger partial charge on any atom is -0.489 e. The zero-order valence-corrected chi connectivity index (χ0v) is 22.3. The maximum atomic E-state index is 6.43. The Morgan fingerprint density at radius 3 is 2.53 bits per heavy atom. The van der Waals surface area contributed by atoms with Crippen molar-refractivity contribution in [2.24, 2.45) is 5.92 Å². The lowest BCUT2D eigenvalue weighted by Crippen LogP contribution is -2.46. The van der Waals surface area contributed by atoms with Gasteiger partial charge in [-0.25, -0.2) is 9.97 Å². The zero-order valence-electron chi connectivity index (χ0n) is 22.3. The number of nitrogen functional groups attached to an aromatic ring is 1. The summed E-state index contributed by atoms with van der Waals surface area (Å²) in [5, 5.41) is 0. The van der Waals surface area contributed by atoms with Gasteiger partial charge in [0.05, 0.1) is 0 Å². The smallest absolute Gasteiger partial charge is 0.150 e. The average Bonchev–Trinajstić information content (AvgIpc) is 3.35. The maximum Gasteiger partial charge on any atom is 0.150 e. The molecule has 2 fully saturated rings. The highest BCUT2D eigenvalue weighted by Crippen LogP contribution is 2.39. The van der Waals surface area contributed by atoms with Crippen molar-refractivity contribution in [3.63, 3.8) is 0 Å². The molecule has 0 spiro atoms. The van der Waals surface area contributed by atoms with Crippen LogP contribution in [0.5, 0.6) is 5.75 Å². The number of rotatable bonds is 7. The van der Waals surface area contributed by atoms with Crippen molar-refractivity contribution in [2.75, 3.05) is 45.5 Å². The van der Waals surface area contributed by atoms with E-state index in [9.17, 15) is 0 Å². The fourth-order valence-corrected chi connectivity index (χ4v) is 6.05. The van der Waals surface area contributed by atoms with E-state index in [-0.39, 0.29) is 0 Å². The standard InChI is InChI=1S/C31H38N6O/c1-35-16-18-36(19-17-35)21-23-10-12-25(13-11-23)31-34-28(29-30(32)33-14-15-37(29)31)26-8-5-9-27(20-26)38-22-24-6-3-2-4-7-24/h2-9,14-15,20,23,25H,10-13,16-19,21-22H2,1H3,(H2,32,33). The average molecular weight is 511 g/mol. The molecule has 1 aliphatic heterocycles. The van der Waals surface area contributed by atoms with Crippen molar-refractivity contribution in [2.45, 2.75) is 38.2 Å².